The zero-order valence-electron chi connectivity index (χ0n) is 10.5. The van der Waals surface area contributed by atoms with Crippen LogP contribution >= 0.6 is 0 Å². The molecule has 0 rings (SSSR count). The first-order valence-corrected chi connectivity index (χ1v) is 5.37. The minimum Gasteiger partial charge on any atom is -0.356 e. The van der Waals surface area contributed by atoms with Crippen molar-refractivity contribution in [3.63, 3.8) is 0 Å². The molecular formula is C12H25NO. The van der Waals surface area contributed by atoms with Gasteiger partial charge in [0, 0.05) is 13.0 Å². The molecule has 0 spiro atoms. The van der Waals surface area contributed by atoms with Gasteiger partial charge in [-0.05, 0) is 17.3 Å². The highest BCUT2D eigenvalue weighted by Crippen LogP contribution is 2.19. The number of nitrogens with one attached hydrogen (secondary N) is 1. The second-order valence-corrected chi connectivity index (χ2v) is 6.40. The van der Waals surface area contributed by atoms with Crippen molar-refractivity contribution in [2.45, 2.75) is 54.4 Å². The third kappa shape index (κ3) is 9.56. The fraction of sp³-hybridized carbons (Fsp3) is 0.917. The molecule has 0 aromatic heterocycles. The fourth-order valence-electron chi connectivity index (χ4n) is 1.12. The van der Waals surface area contributed by atoms with Gasteiger partial charge in [-0.25, -0.2) is 0 Å². The van der Waals surface area contributed by atoms with Gasteiger partial charge in [0.25, 0.3) is 0 Å². The average molecular weight is 199 g/mol. The zero-order chi connectivity index (χ0) is 11.4. The molecule has 0 atom stereocenters. The molecule has 0 aromatic rings. The van der Waals surface area contributed by atoms with Crippen molar-refractivity contribution in [3.05, 3.63) is 0 Å². The van der Waals surface area contributed by atoms with E-state index >= 15 is 0 Å². The van der Waals surface area contributed by atoms with Crippen LogP contribution in [-0.4, -0.2) is 12.5 Å². The maximum absolute atomic E-state index is 11.4. The Kier molecular flexibility index (Phi) is 4.63. The molecule has 0 saturated heterocycles. The summed E-state index contributed by atoms with van der Waals surface area (Å²) < 4.78 is 0. The standard InChI is InChI=1S/C12H25NO/c1-11(2,3)7-8-13-10(14)9-12(4,5)6/h7-9H2,1-6H3,(H,13,14). The van der Waals surface area contributed by atoms with E-state index in [0.717, 1.165) is 13.0 Å². The quantitative estimate of drug-likeness (QED) is 0.744. The SMILES string of the molecule is CC(C)(C)CCNC(=O)CC(C)(C)C. The molecule has 0 aliphatic heterocycles. The van der Waals surface area contributed by atoms with E-state index in [2.05, 4.69) is 46.9 Å². The average Bonchev–Trinajstić information content (AvgIpc) is 1.78. The minimum absolute atomic E-state index is 0.0891. The molecule has 2 heteroatoms. The van der Waals surface area contributed by atoms with Gasteiger partial charge in [-0.1, -0.05) is 41.5 Å². The van der Waals surface area contributed by atoms with E-state index in [9.17, 15) is 4.79 Å². The lowest BCUT2D eigenvalue weighted by Crippen LogP contribution is -2.30. The molecule has 0 saturated carbocycles. The number of carbonyl (C=O) groups excluding carboxylic acids is 1. The summed E-state index contributed by atoms with van der Waals surface area (Å²) in [5.74, 6) is 0.168. The first-order chi connectivity index (χ1) is 6.10. The normalized spacial score (nSPS) is 12.7. The van der Waals surface area contributed by atoms with Gasteiger partial charge in [-0.3, -0.25) is 4.79 Å². The van der Waals surface area contributed by atoms with Crippen molar-refractivity contribution >= 4 is 5.91 Å². The lowest BCUT2D eigenvalue weighted by Gasteiger charge is -2.20. The van der Waals surface area contributed by atoms with E-state index in [4.69, 9.17) is 0 Å². The number of amides is 1. The Labute approximate surface area is 88.5 Å². The smallest absolute Gasteiger partial charge is 0.220 e. The molecule has 0 aliphatic carbocycles. The molecule has 14 heavy (non-hydrogen) atoms. The molecule has 0 aromatic carbocycles. The predicted molar refractivity (Wildman–Crippen MR) is 61.2 cm³/mol. The first-order valence-electron chi connectivity index (χ1n) is 5.37. The first kappa shape index (κ1) is 13.5. The number of hydrogen-bond donors (Lipinski definition) is 1. The lowest BCUT2D eigenvalue weighted by molar-refractivity contribution is -0.122. The van der Waals surface area contributed by atoms with Crippen molar-refractivity contribution < 1.29 is 4.79 Å². The van der Waals surface area contributed by atoms with E-state index in [1.165, 1.54) is 0 Å². The van der Waals surface area contributed by atoms with Gasteiger partial charge in [-0.15, -0.1) is 0 Å². The number of carbonyl (C=O) groups is 1. The van der Waals surface area contributed by atoms with Crippen LogP contribution in [0.3, 0.4) is 0 Å². The van der Waals surface area contributed by atoms with E-state index < -0.39 is 0 Å². The molecule has 1 amide bonds. The maximum Gasteiger partial charge on any atom is 0.220 e. The summed E-state index contributed by atoms with van der Waals surface area (Å²) in [6.07, 6.45) is 1.64. The van der Waals surface area contributed by atoms with Crippen molar-refractivity contribution in [1.82, 2.24) is 5.32 Å². The Hall–Kier alpha value is -0.530. The highest BCUT2D eigenvalue weighted by molar-refractivity contribution is 5.76. The summed E-state index contributed by atoms with van der Waals surface area (Å²) >= 11 is 0. The number of rotatable bonds is 3. The molecule has 0 bridgehead atoms. The highest BCUT2D eigenvalue weighted by Gasteiger charge is 2.16. The zero-order valence-corrected chi connectivity index (χ0v) is 10.5. The summed E-state index contributed by atoms with van der Waals surface area (Å²) in [5, 5.41) is 2.96. The summed E-state index contributed by atoms with van der Waals surface area (Å²) in [6.45, 7) is 13.6. The van der Waals surface area contributed by atoms with Crippen LogP contribution in [0.5, 0.6) is 0 Å². The number of hydrogen-bond acceptors (Lipinski definition) is 1. The Morgan fingerprint density at radius 1 is 1.00 bits per heavy atom. The van der Waals surface area contributed by atoms with Crippen LogP contribution < -0.4 is 5.32 Å². The van der Waals surface area contributed by atoms with Crippen LogP contribution in [0.25, 0.3) is 0 Å². The fourth-order valence-corrected chi connectivity index (χ4v) is 1.12. The Bertz CT molecular complexity index is 183. The van der Waals surface area contributed by atoms with Gasteiger partial charge >= 0.3 is 0 Å². The van der Waals surface area contributed by atoms with Crippen LogP contribution in [0.15, 0.2) is 0 Å². The summed E-state index contributed by atoms with van der Waals surface area (Å²) in [6, 6.07) is 0. The van der Waals surface area contributed by atoms with Gasteiger partial charge in [0.05, 0.1) is 0 Å². The van der Waals surface area contributed by atoms with Gasteiger partial charge < -0.3 is 5.32 Å². The van der Waals surface area contributed by atoms with Crippen molar-refractivity contribution in [2.24, 2.45) is 10.8 Å². The predicted octanol–water partition coefficient (Wildman–Crippen LogP) is 2.98. The second-order valence-electron chi connectivity index (χ2n) is 6.40. The molecule has 1 N–H and O–H groups in total. The van der Waals surface area contributed by atoms with Gasteiger partial charge in [0.15, 0.2) is 0 Å². The highest BCUT2D eigenvalue weighted by atomic mass is 16.1. The Morgan fingerprint density at radius 3 is 1.86 bits per heavy atom. The van der Waals surface area contributed by atoms with Crippen LogP contribution in [0.4, 0.5) is 0 Å². The van der Waals surface area contributed by atoms with E-state index in [0.29, 0.717) is 11.8 Å². The second kappa shape index (κ2) is 4.81. The van der Waals surface area contributed by atoms with Crippen LogP contribution in [0, 0.1) is 10.8 Å². The molecule has 2 nitrogen and oxygen atoms in total. The summed E-state index contributed by atoms with van der Waals surface area (Å²) in [4.78, 5) is 11.4. The molecule has 0 fully saturated rings. The Morgan fingerprint density at radius 2 is 1.50 bits per heavy atom. The van der Waals surface area contributed by atoms with Gasteiger partial charge in [-0.2, -0.15) is 0 Å². The van der Waals surface area contributed by atoms with Gasteiger partial charge in [0.2, 0.25) is 5.91 Å². The molecule has 0 unspecified atom stereocenters. The van der Waals surface area contributed by atoms with E-state index in [1.54, 1.807) is 0 Å². The maximum atomic E-state index is 11.4. The van der Waals surface area contributed by atoms with E-state index in [1.807, 2.05) is 0 Å². The van der Waals surface area contributed by atoms with Crippen LogP contribution in [0.2, 0.25) is 0 Å². The molecule has 0 aliphatic rings. The van der Waals surface area contributed by atoms with Crippen molar-refractivity contribution in [1.29, 1.82) is 0 Å². The molecular weight excluding hydrogens is 174 g/mol. The third-order valence-electron chi connectivity index (χ3n) is 1.89. The van der Waals surface area contributed by atoms with Crippen LogP contribution in [0.1, 0.15) is 54.4 Å². The monoisotopic (exact) mass is 199 g/mol. The molecule has 84 valence electrons. The third-order valence-corrected chi connectivity index (χ3v) is 1.89. The van der Waals surface area contributed by atoms with Crippen molar-refractivity contribution in [3.8, 4) is 0 Å². The van der Waals surface area contributed by atoms with Crippen LogP contribution in [-0.2, 0) is 4.79 Å². The summed E-state index contributed by atoms with van der Waals surface area (Å²) in [5.41, 5.74) is 0.390. The van der Waals surface area contributed by atoms with Gasteiger partial charge in [0.1, 0.15) is 0 Å². The lowest BCUT2D eigenvalue weighted by atomic mass is 9.91. The minimum atomic E-state index is 0.0891. The Balaban J connectivity index is 3.66. The topological polar surface area (TPSA) is 29.1 Å². The van der Waals surface area contributed by atoms with E-state index in [-0.39, 0.29) is 11.3 Å². The summed E-state index contributed by atoms with van der Waals surface area (Å²) in [7, 11) is 0. The molecule has 0 heterocycles. The largest absolute Gasteiger partial charge is 0.356 e. The van der Waals surface area contributed by atoms with Crippen molar-refractivity contribution in [2.75, 3.05) is 6.54 Å². The molecule has 0 radical (unpaired) electrons.